The number of nitrogens with zero attached hydrogens (tertiary/aromatic N) is 3. The second kappa shape index (κ2) is 14.6. The molecule has 1 amide bonds. The molecule has 2 unspecified atom stereocenters. The van der Waals surface area contributed by atoms with Gasteiger partial charge in [-0.05, 0) is 61.8 Å². The molecule has 2 fully saturated rings. The maximum Gasteiger partial charge on any atom is 0.404 e. The lowest BCUT2D eigenvalue weighted by molar-refractivity contribution is 0.0980. The number of hydrogen-bond acceptors (Lipinski definition) is 8. The Balaban J connectivity index is 1.28. The zero-order valence-electron chi connectivity index (χ0n) is 25.6. The number of nitrogens with one attached hydrogen (secondary N) is 2. The Kier molecular flexibility index (Phi) is 10.8. The van der Waals surface area contributed by atoms with E-state index >= 15 is 0 Å². The Bertz CT molecular complexity index is 1490. The minimum Gasteiger partial charge on any atom is -0.465 e. The number of aromatic nitrogens is 1. The average Bonchev–Trinajstić information content (AvgIpc) is 3.67. The number of carbonyl (C=O) groups is 1. The Morgan fingerprint density at radius 2 is 1.77 bits per heavy atom. The second-order valence-corrected chi connectivity index (χ2v) is 15.5. The number of aliphatic hydroxyl groups is 1. The molecule has 4 N–H and O–H groups in total. The molecule has 2 aliphatic rings. The smallest absolute Gasteiger partial charge is 0.404 e. The topological polar surface area (TPSA) is 135 Å². The molecule has 0 radical (unpaired) electrons. The van der Waals surface area contributed by atoms with Crippen molar-refractivity contribution in [1.29, 1.82) is 0 Å². The molecule has 1 aromatic heterocycles. The van der Waals surface area contributed by atoms with Gasteiger partial charge in [0.25, 0.3) is 0 Å². The molecule has 10 nitrogen and oxygen atoms in total. The Morgan fingerprint density at radius 3 is 2.43 bits per heavy atom. The second-order valence-electron chi connectivity index (χ2n) is 12.6. The van der Waals surface area contributed by atoms with Crippen LogP contribution in [0.2, 0.25) is 0 Å². The van der Waals surface area contributed by atoms with Gasteiger partial charge in [-0.25, -0.2) is 18.2 Å². The number of fused-ring (bicyclic) bond motifs is 1. The fraction of sp³-hybridized carbons (Fsp3) is 0.562. The van der Waals surface area contributed by atoms with Gasteiger partial charge >= 0.3 is 6.09 Å². The van der Waals surface area contributed by atoms with Crippen LogP contribution in [-0.4, -0.2) is 89.3 Å². The monoisotopic (exact) mass is 643 g/mol. The van der Waals surface area contributed by atoms with Crippen molar-refractivity contribution in [3.8, 4) is 0 Å². The highest BCUT2D eigenvalue weighted by Gasteiger charge is 2.32. The van der Waals surface area contributed by atoms with E-state index in [0.717, 1.165) is 52.9 Å². The number of hydrogen-bond donors (Lipinski definition) is 4. The highest BCUT2D eigenvalue weighted by molar-refractivity contribution is 7.89. The van der Waals surface area contributed by atoms with Crippen molar-refractivity contribution in [3.05, 3.63) is 54.1 Å². The molecule has 2 atom stereocenters. The summed E-state index contributed by atoms with van der Waals surface area (Å²) < 4.78 is 30.0. The third kappa shape index (κ3) is 8.28. The van der Waals surface area contributed by atoms with Gasteiger partial charge in [-0.15, -0.1) is 0 Å². The van der Waals surface area contributed by atoms with E-state index in [1.807, 2.05) is 44.2 Å². The molecule has 1 aliphatic heterocycles. The number of aliphatic hydroxyl groups excluding tert-OH is 1. The molecule has 0 spiro atoms. The maximum absolute atomic E-state index is 14.0. The van der Waals surface area contributed by atoms with Crippen LogP contribution in [0.25, 0.3) is 10.2 Å². The van der Waals surface area contributed by atoms with E-state index in [2.05, 4.69) is 15.5 Å². The van der Waals surface area contributed by atoms with Crippen LogP contribution in [-0.2, 0) is 16.4 Å². The zero-order valence-corrected chi connectivity index (χ0v) is 27.2. The SMILES string of the molecule is CC(C)CN(CC(O)C(Cc1ccccc1)NC(=O)O)S(=O)(=O)c1ccc2nc(NC3CCN(C4CCCC4)CC3)sc2c1. The molecule has 1 saturated heterocycles. The fourth-order valence-corrected chi connectivity index (χ4v) is 9.16. The van der Waals surface area contributed by atoms with Crippen LogP contribution in [0, 0.1) is 5.92 Å². The van der Waals surface area contributed by atoms with E-state index < -0.39 is 28.3 Å². The number of benzene rings is 2. The third-order valence-electron chi connectivity index (χ3n) is 8.73. The molecule has 2 aromatic carbocycles. The van der Waals surface area contributed by atoms with Crippen LogP contribution < -0.4 is 10.6 Å². The van der Waals surface area contributed by atoms with Crippen LogP contribution in [0.3, 0.4) is 0 Å². The Labute approximate surface area is 264 Å². The summed E-state index contributed by atoms with van der Waals surface area (Å²) in [5.74, 6) is -0.0139. The predicted octanol–water partition coefficient (Wildman–Crippen LogP) is 5.00. The van der Waals surface area contributed by atoms with E-state index in [1.165, 1.54) is 41.3 Å². The molecule has 12 heteroatoms. The molecular weight excluding hydrogens is 599 g/mol. The number of anilines is 1. The maximum atomic E-state index is 14.0. The van der Waals surface area contributed by atoms with Crippen molar-refractivity contribution in [1.82, 2.24) is 19.5 Å². The Morgan fingerprint density at radius 1 is 1.07 bits per heavy atom. The lowest BCUT2D eigenvalue weighted by Crippen LogP contribution is -2.50. The lowest BCUT2D eigenvalue weighted by Gasteiger charge is -2.36. The lowest BCUT2D eigenvalue weighted by atomic mass is 10.0. The van der Waals surface area contributed by atoms with Gasteiger partial charge in [-0.1, -0.05) is 68.4 Å². The Hall–Kier alpha value is -2.77. The number of sulfonamides is 1. The molecule has 240 valence electrons. The van der Waals surface area contributed by atoms with Gasteiger partial charge < -0.3 is 25.7 Å². The van der Waals surface area contributed by atoms with Gasteiger partial charge in [0.15, 0.2) is 5.13 Å². The number of amides is 1. The molecule has 1 saturated carbocycles. The fourth-order valence-electron chi connectivity index (χ4n) is 6.45. The van der Waals surface area contributed by atoms with Crippen molar-refractivity contribution in [3.63, 3.8) is 0 Å². The number of likely N-dealkylation sites (tertiary alicyclic amines) is 1. The molecule has 0 bridgehead atoms. The van der Waals surface area contributed by atoms with Crippen LogP contribution >= 0.6 is 11.3 Å². The number of carboxylic acid groups (broad SMARTS) is 1. The standard InChI is InChI=1S/C32H45N5O5S2/c1-22(2)20-37(21-29(38)28(35-32(39)40)18-23-8-4-3-5-9-23)44(41,42)26-12-13-27-30(19-26)43-31(34-27)33-24-14-16-36(17-15-24)25-10-6-7-11-25/h3-5,8-9,12-13,19,22,24-25,28-29,35,38H,6-7,10-11,14-18,20-21H2,1-2H3,(H,33,34)(H,39,40). The molecular formula is C32H45N5O5S2. The summed E-state index contributed by atoms with van der Waals surface area (Å²) in [5, 5.41) is 27.4. The van der Waals surface area contributed by atoms with E-state index in [-0.39, 0.29) is 30.3 Å². The first kappa shape index (κ1) is 32.6. The third-order valence-corrected chi connectivity index (χ3v) is 11.5. The predicted molar refractivity (Wildman–Crippen MR) is 175 cm³/mol. The van der Waals surface area contributed by atoms with Crippen LogP contribution in [0.4, 0.5) is 9.93 Å². The summed E-state index contributed by atoms with van der Waals surface area (Å²) >= 11 is 1.46. The van der Waals surface area contributed by atoms with Crippen molar-refractivity contribution >= 4 is 42.8 Å². The summed E-state index contributed by atoms with van der Waals surface area (Å²) in [6.45, 7) is 5.95. The van der Waals surface area contributed by atoms with Crippen molar-refractivity contribution in [2.45, 2.75) is 87.9 Å². The number of piperidine rings is 1. The number of thiazole rings is 1. The van der Waals surface area contributed by atoms with Gasteiger partial charge in [0.05, 0.1) is 27.3 Å². The van der Waals surface area contributed by atoms with E-state index in [1.54, 1.807) is 18.2 Å². The first-order valence-corrected chi connectivity index (χ1v) is 18.0. The summed E-state index contributed by atoms with van der Waals surface area (Å²) in [7, 11) is -4.00. The highest BCUT2D eigenvalue weighted by Crippen LogP contribution is 2.32. The molecule has 3 aromatic rings. The number of rotatable bonds is 13. The van der Waals surface area contributed by atoms with Gasteiger partial charge in [0.2, 0.25) is 10.0 Å². The van der Waals surface area contributed by atoms with Gasteiger partial charge in [0.1, 0.15) is 0 Å². The summed E-state index contributed by atoms with van der Waals surface area (Å²) in [5.41, 5.74) is 1.58. The van der Waals surface area contributed by atoms with E-state index in [0.29, 0.717) is 6.04 Å². The van der Waals surface area contributed by atoms with Crippen LogP contribution in [0.15, 0.2) is 53.4 Å². The minimum atomic E-state index is -4.00. The normalized spacial score (nSPS) is 18.7. The van der Waals surface area contributed by atoms with Crippen molar-refractivity contribution in [2.24, 2.45) is 5.92 Å². The van der Waals surface area contributed by atoms with E-state index in [9.17, 15) is 23.4 Å². The average molecular weight is 644 g/mol. The van der Waals surface area contributed by atoms with Gasteiger partial charge in [0, 0.05) is 38.3 Å². The van der Waals surface area contributed by atoms with E-state index in [4.69, 9.17) is 4.98 Å². The summed E-state index contributed by atoms with van der Waals surface area (Å²) in [4.78, 5) is 19.1. The van der Waals surface area contributed by atoms with Crippen LogP contribution in [0.1, 0.15) is 57.9 Å². The molecule has 2 heterocycles. The van der Waals surface area contributed by atoms with Gasteiger partial charge in [-0.2, -0.15) is 4.31 Å². The molecule has 5 rings (SSSR count). The van der Waals surface area contributed by atoms with Gasteiger partial charge in [-0.3, -0.25) is 0 Å². The summed E-state index contributed by atoms with van der Waals surface area (Å²) in [6, 6.07) is 14.4. The minimum absolute atomic E-state index is 0.0139. The zero-order chi connectivity index (χ0) is 31.3. The quantitative estimate of drug-likeness (QED) is 0.204. The van der Waals surface area contributed by atoms with Crippen molar-refractivity contribution < 1.29 is 23.4 Å². The first-order chi connectivity index (χ1) is 21.1. The van der Waals surface area contributed by atoms with Crippen molar-refractivity contribution in [2.75, 3.05) is 31.5 Å². The highest BCUT2D eigenvalue weighted by atomic mass is 32.2. The first-order valence-electron chi connectivity index (χ1n) is 15.7. The van der Waals surface area contributed by atoms with Crippen LogP contribution in [0.5, 0.6) is 0 Å². The largest absolute Gasteiger partial charge is 0.465 e. The molecule has 1 aliphatic carbocycles. The summed E-state index contributed by atoms with van der Waals surface area (Å²) in [6.07, 6.45) is 5.17. The molecule has 44 heavy (non-hydrogen) atoms.